The number of nitrogens with one attached hydrogen (secondary N) is 2. The number of thiophene rings is 1. The van der Waals surface area contributed by atoms with Gasteiger partial charge in [-0.1, -0.05) is 6.07 Å². The van der Waals surface area contributed by atoms with E-state index in [1.54, 1.807) is 30.3 Å². The van der Waals surface area contributed by atoms with Crippen molar-refractivity contribution in [3.8, 4) is 5.75 Å². The molecule has 1 aromatic carbocycles. The van der Waals surface area contributed by atoms with E-state index >= 15 is 0 Å². The summed E-state index contributed by atoms with van der Waals surface area (Å²) in [6, 6.07) is 9.90. The van der Waals surface area contributed by atoms with Crippen molar-refractivity contribution >= 4 is 48.9 Å². The molecule has 1 aromatic heterocycles. The molecule has 0 aliphatic carbocycles. The van der Waals surface area contributed by atoms with Crippen LogP contribution in [-0.4, -0.2) is 28.0 Å². The van der Waals surface area contributed by atoms with Gasteiger partial charge in [0, 0.05) is 11.8 Å². The molecule has 2 N–H and O–H groups in total. The fraction of sp³-hybridized carbons (Fsp3) is 0.154. The van der Waals surface area contributed by atoms with Gasteiger partial charge in [0.15, 0.2) is 0 Å². The molecule has 0 saturated heterocycles. The highest BCUT2D eigenvalue weighted by molar-refractivity contribution is 9.11. The third-order valence-electron chi connectivity index (χ3n) is 2.59. The molecule has 0 atom stereocenters. The van der Waals surface area contributed by atoms with Crippen LogP contribution in [-0.2, 0) is 14.8 Å². The van der Waals surface area contributed by atoms with Gasteiger partial charge in [-0.2, -0.15) is 0 Å². The average molecular weight is 405 g/mol. The number of benzene rings is 1. The van der Waals surface area contributed by atoms with Crippen molar-refractivity contribution in [1.29, 1.82) is 0 Å². The average Bonchev–Trinajstić information content (AvgIpc) is 2.93. The van der Waals surface area contributed by atoms with E-state index in [2.05, 4.69) is 26.0 Å². The van der Waals surface area contributed by atoms with Crippen LogP contribution in [0.3, 0.4) is 0 Å². The van der Waals surface area contributed by atoms with Gasteiger partial charge >= 0.3 is 0 Å². The molecular weight excluding hydrogens is 392 g/mol. The largest absolute Gasteiger partial charge is 0.497 e. The lowest BCUT2D eigenvalue weighted by molar-refractivity contribution is -0.115. The van der Waals surface area contributed by atoms with Crippen molar-refractivity contribution in [3.63, 3.8) is 0 Å². The second kappa shape index (κ2) is 7.23. The maximum atomic E-state index is 12.0. The quantitative estimate of drug-likeness (QED) is 0.773. The first kappa shape index (κ1) is 16.9. The van der Waals surface area contributed by atoms with Crippen molar-refractivity contribution in [1.82, 2.24) is 4.72 Å². The van der Waals surface area contributed by atoms with Gasteiger partial charge in [0.05, 0.1) is 17.4 Å². The summed E-state index contributed by atoms with van der Waals surface area (Å²) in [4.78, 5) is 11.8. The minimum Gasteiger partial charge on any atom is -0.497 e. The molecule has 1 heterocycles. The summed E-state index contributed by atoms with van der Waals surface area (Å²) in [6.07, 6.45) is 0. The summed E-state index contributed by atoms with van der Waals surface area (Å²) in [5.41, 5.74) is 0.530. The molecule has 0 radical (unpaired) electrons. The lowest BCUT2D eigenvalue weighted by atomic mass is 10.3. The highest BCUT2D eigenvalue weighted by atomic mass is 79.9. The van der Waals surface area contributed by atoms with Crippen LogP contribution in [0.1, 0.15) is 0 Å². The minimum atomic E-state index is -3.69. The Morgan fingerprint density at radius 3 is 2.73 bits per heavy atom. The number of halogens is 1. The van der Waals surface area contributed by atoms with Gasteiger partial charge in [0.1, 0.15) is 9.96 Å². The molecular formula is C13H13BrN2O4S2. The zero-order valence-corrected chi connectivity index (χ0v) is 14.7. The smallest absolute Gasteiger partial charge is 0.250 e. The van der Waals surface area contributed by atoms with Crippen LogP contribution in [0.5, 0.6) is 5.75 Å². The molecule has 0 aliphatic heterocycles. The van der Waals surface area contributed by atoms with E-state index in [1.807, 2.05) is 0 Å². The van der Waals surface area contributed by atoms with Crippen LogP contribution in [0, 0.1) is 0 Å². The van der Waals surface area contributed by atoms with Crippen LogP contribution < -0.4 is 14.8 Å². The van der Waals surface area contributed by atoms with E-state index in [-0.39, 0.29) is 10.8 Å². The minimum absolute atomic E-state index is 0.147. The molecule has 6 nitrogen and oxygen atoms in total. The predicted octanol–water partition coefficient (Wildman–Crippen LogP) is 2.44. The highest BCUT2D eigenvalue weighted by Gasteiger charge is 2.17. The second-order valence-corrected chi connectivity index (χ2v) is 8.62. The lowest BCUT2D eigenvalue weighted by Gasteiger charge is -2.08. The predicted molar refractivity (Wildman–Crippen MR) is 88.8 cm³/mol. The first-order valence-corrected chi connectivity index (χ1v) is 9.19. The van der Waals surface area contributed by atoms with Gasteiger partial charge < -0.3 is 10.1 Å². The number of anilines is 1. The van der Waals surface area contributed by atoms with Gasteiger partial charge in [-0.05, 0) is 40.2 Å². The van der Waals surface area contributed by atoms with Crippen LogP contribution in [0.15, 0.2) is 44.4 Å². The summed E-state index contributed by atoms with van der Waals surface area (Å²) >= 11 is 4.27. The molecule has 0 bridgehead atoms. The number of carbonyl (C=O) groups is 1. The van der Waals surface area contributed by atoms with Crippen LogP contribution in [0.2, 0.25) is 0 Å². The molecule has 1 amide bonds. The van der Waals surface area contributed by atoms with E-state index in [1.165, 1.54) is 13.2 Å². The summed E-state index contributed by atoms with van der Waals surface area (Å²) in [5, 5.41) is 2.59. The normalized spacial score (nSPS) is 11.2. The summed E-state index contributed by atoms with van der Waals surface area (Å²) < 4.78 is 32.1. The standard InChI is InChI=1S/C13H13BrN2O4S2/c1-20-10-4-2-3-9(7-10)16-12(17)8-15-22(18,19)13-6-5-11(14)21-13/h2-7,15H,8H2,1H3,(H,16,17). The Hall–Kier alpha value is -1.42. The third kappa shape index (κ3) is 4.54. The monoisotopic (exact) mass is 404 g/mol. The molecule has 0 fully saturated rings. The molecule has 0 spiro atoms. The van der Waals surface area contributed by atoms with E-state index in [0.29, 0.717) is 15.2 Å². The lowest BCUT2D eigenvalue weighted by Crippen LogP contribution is -2.32. The van der Waals surface area contributed by atoms with E-state index in [0.717, 1.165) is 11.3 Å². The van der Waals surface area contributed by atoms with E-state index in [9.17, 15) is 13.2 Å². The number of hydrogen-bond donors (Lipinski definition) is 2. The molecule has 2 rings (SSSR count). The van der Waals surface area contributed by atoms with Gasteiger partial charge in [-0.15, -0.1) is 11.3 Å². The Kier molecular flexibility index (Phi) is 5.57. The summed E-state index contributed by atoms with van der Waals surface area (Å²) in [7, 11) is -2.16. The number of carbonyl (C=O) groups excluding carboxylic acids is 1. The van der Waals surface area contributed by atoms with Gasteiger partial charge in [0.25, 0.3) is 10.0 Å². The molecule has 9 heteroatoms. The number of hydrogen-bond acceptors (Lipinski definition) is 5. The number of methoxy groups -OCH3 is 1. The Morgan fingerprint density at radius 2 is 2.09 bits per heavy atom. The Morgan fingerprint density at radius 1 is 1.32 bits per heavy atom. The number of amides is 1. The van der Waals surface area contributed by atoms with Crippen LogP contribution in [0.4, 0.5) is 5.69 Å². The fourth-order valence-electron chi connectivity index (χ4n) is 1.58. The Labute approximate surface area is 140 Å². The first-order chi connectivity index (χ1) is 10.4. The molecule has 22 heavy (non-hydrogen) atoms. The zero-order valence-electron chi connectivity index (χ0n) is 11.5. The van der Waals surface area contributed by atoms with Crippen molar-refractivity contribution in [3.05, 3.63) is 40.2 Å². The maximum absolute atomic E-state index is 12.0. The van der Waals surface area contributed by atoms with Crippen LogP contribution >= 0.6 is 27.3 Å². The third-order valence-corrected chi connectivity index (χ3v) is 6.11. The van der Waals surface area contributed by atoms with Crippen molar-refractivity contribution in [2.24, 2.45) is 0 Å². The van der Waals surface area contributed by atoms with Crippen molar-refractivity contribution < 1.29 is 17.9 Å². The zero-order chi connectivity index (χ0) is 16.2. The van der Waals surface area contributed by atoms with Crippen molar-refractivity contribution in [2.45, 2.75) is 4.21 Å². The SMILES string of the molecule is COc1cccc(NC(=O)CNS(=O)(=O)c2ccc(Br)s2)c1. The van der Waals surface area contributed by atoms with E-state index in [4.69, 9.17) is 4.74 Å². The topological polar surface area (TPSA) is 84.5 Å². The van der Waals surface area contributed by atoms with E-state index < -0.39 is 15.9 Å². The Balaban J connectivity index is 1.95. The number of rotatable bonds is 6. The maximum Gasteiger partial charge on any atom is 0.250 e. The van der Waals surface area contributed by atoms with Gasteiger partial charge in [0.2, 0.25) is 5.91 Å². The summed E-state index contributed by atoms with van der Waals surface area (Å²) in [5.74, 6) is 0.134. The second-order valence-electron chi connectivity index (χ2n) is 4.16. The van der Waals surface area contributed by atoms with Gasteiger partial charge in [-0.3, -0.25) is 4.79 Å². The molecule has 0 aliphatic rings. The molecule has 0 unspecified atom stereocenters. The molecule has 0 saturated carbocycles. The fourth-order valence-corrected chi connectivity index (χ4v) is 4.62. The molecule has 118 valence electrons. The number of ether oxygens (including phenoxy) is 1. The van der Waals surface area contributed by atoms with Crippen molar-refractivity contribution in [2.75, 3.05) is 19.0 Å². The summed E-state index contributed by atoms with van der Waals surface area (Å²) in [6.45, 7) is -0.352. The Bertz CT molecular complexity index is 774. The first-order valence-electron chi connectivity index (χ1n) is 6.09. The number of sulfonamides is 1. The molecule has 2 aromatic rings. The van der Waals surface area contributed by atoms with Crippen LogP contribution in [0.25, 0.3) is 0 Å². The highest BCUT2D eigenvalue weighted by Crippen LogP contribution is 2.25. The van der Waals surface area contributed by atoms with Gasteiger partial charge in [-0.25, -0.2) is 13.1 Å².